The molecule has 102 valence electrons. The number of carbonyl (C=O) groups excluding carboxylic acids is 1. The van der Waals surface area contributed by atoms with Crippen molar-refractivity contribution in [1.29, 1.82) is 5.26 Å². The lowest BCUT2D eigenvalue weighted by Gasteiger charge is -2.14. The molecule has 0 saturated heterocycles. The normalized spacial score (nSPS) is 10.9. The van der Waals surface area contributed by atoms with Gasteiger partial charge < -0.3 is 4.74 Å². The summed E-state index contributed by atoms with van der Waals surface area (Å²) < 4.78 is 42.8. The summed E-state index contributed by atoms with van der Waals surface area (Å²) in [5.74, 6) is -0.700. The van der Waals surface area contributed by atoms with Crippen LogP contribution < -0.4 is 0 Å². The van der Waals surface area contributed by atoms with E-state index < -0.39 is 29.0 Å². The highest BCUT2D eigenvalue weighted by Gasteiger charge is 2.34. The van der Waals surface area contributed by atoms with Gasteiger partial charge >= 0.3 is 12.1 Å². The summed E-state index contributed by atoms with van der Waals surface area (Å²) in [6, 6.07) is 3.54. The fourth-order valence-electron chi connectivity index (χ4n) is 1.51. The number of hydrogen-bond donors (Lipinski definition) is 1. The lowest BCUT2D eigenvalue weighted by atomic mass is 10.0. The minimum atomic E-state index is -4.59. The maximum atomic E-state index is 12.7. The summed E-state index contributed by atoms with van der Waals surface area (Å²) in [7, 11) is 0. The highest BCUT2D eigenvalue weighted by atomic mass is 32.1. The Kier molecular flexibility index (Phi) is 4.84. The van der Waals surface area contributed by atoms with Gasteiger partial charge in [0.2, 0.25) is 0 Å². The van der Waals surface area contributed by atoms with Crippen LogP contribution in [0.5, 0.6) is 0 Å². The van der Waals surface area contributed by atoms with Gasteiger partial charge in [-0.1, -0.05) is 0 Å². The van der Waals surface area contributed by atoms with E-state index >= 15 is 0 Å². The lowest BCUT2D eigenvalue weighted by Crippen LogP contribution is -2.13. The minimum Gasteiger partial charge on any atom is -0.466 e. The number of halogens is 3. The third-order valence-electron chi connectivity index (χ3n) is 2.34. The Labute approximate surface area is 113 Å². The molecular weight excluding hydrogens is 279 g/mol. The Morgan fingerprint density at radius 2 is 2.11 bits per heavy atom. The number of esters is 1. The van der Waals surface area contributed by atoms with Crippen LogP contribution in [0.4, 0.5) is 13.2 Å². The molecule has 0 atom stereocenters. The van der Waals surface area contributed by atoms with E-state index in [1.54, 1.807) is 13.0 Å². The predicted octanol–water partition coefficient (Wildman–Crippen LogP) is 2.97. The van der Waals surface area contributed by atoms with E-state index in [2.05, 4.69) is 17.4 Å². The van der Waals surface area contributed by atoms with E-state index in [1.807, 2.05) is 0 Å². The number of nitrogens with zero attached hydrogens (tertiary/aromatic N) is 1. The van der Waals surface area contributed by atoms with E-state index in [0.717, 1.165) is 12.1 Å². The maximum Gasteiger partial charge on any atom is 0.417 e. The average molecular weight is 289 g/mol. The zero-order valence-electron chi connectivity index (χ0n) is 9.91. The monoisotopic (exact) mass is 289 g/mol. The number of nitriles is 1. The molecule has 1 rings (SSSR count). The van der Waals surface area contributed by atoms with Crippen LogP contribution in [0.15, 0.2) is 17.0 Å². The van der Waals surface area contributed by atoms with Crippen molar-refractivity contribution in [3.63, 3.8) is 0 Å². The van der Waals surface area contributed by atoms with Gasteiger partial charge in [-0.25, -0.2) is 0 Å². The Bertz CT molecular complexity index is 535. The number of rotatable bonds is 3. The van der Waals surface area contributed by atoms with Crippen LogP contribution >= 0.6 is 12.6 Å². The largest absolute Gasteiger partial charge is 0.466 e. The molecule has 1 aromatic rings. The van der Waals surface area contributed by atoms with Crippen molar-refractivity contribution >= 4 is 18.6 Å². The van der Waals surface area contributed by atoms with E-state index in [-0.39, 0.29) is 17.7 Å². The average Bonchev–Trinajstić information content (AvgIpc) is 2.30. The third-order valence-corrected chi connectivity index (χ3v) is 2.85. The Morgan fingerprint density at radius 1 is 1.47 bits per heavy atom. The fourth-order valence-corrected chi connectivity index (χ4v) is 1.91. The second kappa shape index (κ2) is 5.97. The van der Waals surface area contributed by atoms with Gasteiger partial charge in [0, 0.05) is 4.90 Å². The second-order valence-electron chi connectivity index (χ2n) is 3.58. The number of ether oxygens (including phenoxy) is 1. The summed E-state index contributed by atoms with van der Waals surface area (Å²) in [4.78, 5) is 10.9. The van der Waals surface area contributed by atoms with Crippen molar-refractivity contribution in [2.75, 3.05) is 6.61 Å². The molecule has 0 heterocycles. The van der Waals surface area contributed by atoms with E-state index in [9.17, 15) is 18.0 Å². The first-order valence-electron chi connectivity index (χ1n) is 5.29. The minimum absolute atomic E-state index is 0.0222. The second-order valence-corrected chi connectivity index (χ2v) is 4.03. The van der Waals surface area contributed by atoms with Gasteiger partial charge in [0.25, 0.3) is 0 Å². The summed E-state index contributed by atoms with van der Waals surface area (Å²) in [6.07, 6.45) is -5.01. The lowest BCUT2D eigenvalue weighted by molar-refractivity contribution is -0.143. The van der Waals surface area contributed by atoms with Crippen molar-refractivity contribution in [2.45, 2.75) is 24.4 Å². The van der Waals surface area contributed by atoms with Crippen LogP contribution in [-0.2, 0) is 22.1 Å². The first-order chi connectivity index (χ1) is 8.81. The standard InChI is InChI=1S/C12H10F3NO2S/c1-2-18-10(17)5-8-7(6-16)3-4-9(11(8)19)12(13,14)15/h3-4,19H,2,5H2,1H3. The van der Waals surface area contributed by atoms with Crippen molar-refractivity contribution in [1.82, 2.24) is 0 Å². The molecule has 0 aliphatic rings. The van der Waals surface area contributed by atoms with E-state index in [0.29, 0.717) is 0 Å². The van der Waals surface area contributed by atoms with Gasteiger partial charge in [-0.2, -0.15) is 18.4 Å². The molecule has 3 nitrogen and oxygen atoms in total. The highest BCUT2D eigenvalue weighted by molar-refractivity contribution is 7.80. The molecule has 19 heavy (non-hydrogen) atoms. The van der Waals surface area contributed by atoms with Crippen LogP contribution in [0.1, 0.15) is 23.6 Å². The van der Waals surface area contributed by atoms with E-state index in [1.165, 1.54) is 0 Å². The van der Waals surface area contributed by atoms with Gasteiger partial charge in [0.05, 0.1) is 30.2 Å². The molecule has 1 aromatic carbocycles. The fraction of sp³-hybridized carbons (Fsp3) is 0.333. The van der Waals surface area contributed by atoms with Gasteiger partial charge in [-0.15, -0.1) is 12.6 Å². The Morgan fingerprint density at radius 3 is 2.58 bits per heavy atom. The van der Waals surface area contributed by atoms with Crippen molar-refractivity contribution in [3.8, 4) is 6.07 Å². The van der Waals surface area contributed by atoms with Crippen LogP contribution in [0, 0.1) is 11.3 Å². The molecule has 0 aliphatic carbocycles. The number of alkyl halides is 3. The van der Waals surface area contributed by atoms with Crippen molar-refractivity contribution in [2.24, 2.45) is 0 Å². The van der Waals surface area contributed by atoms with E-state index in [4.69, 9.17) is 5.26 Å². The summed E-state index contributed by atoms with van der Waals surface area (Å²) >= 11 is 3.79. The zero-order chi connectivity index (χ0) is 14.6. The predicted molar refractivity (Wildman–Crippen MR) is 63.7 cm³/mol. The highest BCUT2D eigenvalue weighted by Crippen LogP contribution is 2.36. The molecule has 0 spiro atoms. The molecule has 0 aliphatic heterocycles. The molecule has 0 bridgehead atoms. The Hall–Kier alpha value is -1.68. The first kappa shape index (κ1) is 15.4. The van der Waals surface area contributed by atoms with Crippen LogP contribution in [0.3, 0.4) is 0 Å². The molecule has 0 radical (unpaired) electrons. The van der Waals surface area contributed by atoms with Crippen LogP contribution in [0.2, 0.25) is 0 Å². The van der Waals surface area contributed by atoms with Crippen molar-refractivity contribution in [3.05, 3.63) is 28.8 Å². The van der Waals surface area contributed by atoms with Crippen molar-refractivity contribution < 1.29 is 22.7 Å². The summed E-state index contributed by atoms with van der Waals surface area (Å²) in [6.45, 7) is 1.69. The smallest absolute Gasteiger partial charge is 0.417 e. The first-order valence-corrected chi connectivity index (χ1v) is 5.73. The zero-order valence-corrected chi connectivity index (χ0v) is 10.8. The molecular formula is C12H10F3NO2S. The van der Waals surface area contributed by atoms with Gasteiger partial charge in [0.15, 0.2) is 0 Å². The molecule has 0 fully saturated rings. The van der Waals surface area contributed by atoms with Gasteiger partial charge in [0.1, 0.15) is 0 Å². The number of hydrogen-bond acceptors (Lipinski definition) is 4. The molecule has 0 unspecified atom stereocenters. The Balaban J connectivity index is 3.28. The van der Waals surface area contributed by atoms with Crippen LogP contribution in [-0.4, -0.2) is 12.6 Å². The molecule has 0 saturated carbocycles. The van der Waals surface area contributed by atoms with Gasteiger partial charge in [-0.3, -0.25) is 4.79 Å². The quantitative estimate of drug-likeness (QED) is 0.687. The maximum absolute atomic E-state index is 12.7. The number of thiol groups is 1. The molecule has 0 N–H and O–H groups in total. The summed E-state index contributed by atoms with van der Waals surface area (Å²) in [5.41, 5.74) is -1.07. The SMILES string of the molecule is CCOC(=O)Cc1c(C#N)ccc(C(F)(F)F)c1S. The van der Waals surface area contributed by atoms with Crippen LogP contribution in [0.25, 0.3) is 0 Å². The molecule has 7 heteroatoms. The third kappa shape index (κ3) is 3.64. The summed E-state index contributed by atoms with van der Waals surface area (Å²) in [5, 5.41) is 8.86. The topological polar surface area (TPSA) is 50.1 Å². The van der Waals surface area contributed by atoms with Gasteiger partial charge in [-0.05, 0) is 24.6 Å². The molecule has 0 aromatic heterocycles. The number of carbonyl (C=O) groups is 1. The number of benzene rings is 1. The molecule has 0 amide bonds.